The molecule has 0 saturated carbocycles. The van der Waals surface area contributed by atoms with Crippen LogP contribution in [0.2, 0.25) is 0 Å². The van der Waals surface area contributed by atoms with Crippen LogP contribution in [0.5, 0.6) is 5.75 Å². The Morgan fingerprint density at radius 2 is 2.00 bits per heavy atom. The number of benzene rings is 1. The number of rotatable bonds is 8. The zero-order valence-electron chi connectivity index (χ0n) is 15.4. The number of ether oxygens (including phenoxy) is 1. The van der Waals surface area contributed by atoms with Gasteiger partial charge in [0.2, 0.25) is 0 Å². The lowest BCUT2D eigenvalue weighted by Crippen LogP contribution is -2.46. The van der Waals surface area contributed by atoms with E-state index in [0.717, 1.165) is 44.6 Å². The molecular formula is C20H32N2O2. The van der Waals surface area contributed by atoms with Gasteiger partial charge in [0.25, 0.3) is 5.91 Å². The van der Waals surface area contributed by atoms with Gasteiger partial charge in [-0.2, -0.15) is 0 Å². The van der Waals surface area contributed by atoms with Gasteiger partial charge >= 0.3 is 0 Å². The van der Waals surface area contributed by atoms with Gasteiger partial charge in [-0.25, -0.2) is 0 Å². The van der Waals surface area contributed by atoms with Gasteiger partial charge in [-0.1, -0.05) is 39.0 Å². The van der Waals surface area contributed by atoms with Crippen molar-refractivity contribution in [3.63, 3.8) is 0 Å². The monoisotopic (exact) mass is 332 g/mol. The first kappa shape index (κ1) is 18.8. The Bertz CT molecular complexity index is 510. The normalized spacial score (nSPS) is 17.5. The summed E-state index contributed by atoms with van der Waals surface area (Å²) in [5.41, 5.74) is 1.18. The molecule has 1 saturated heterocycles. The average Bonchev–Trinajstić information content (AvgIpc) is 2.61. The maximum Gasteiger partial charge on any atom is 0.258 e. The fourth-order valence-electron chi connectivity index (χ4n) is 3.27. The number of hydrogen-bond donors (Lipinski definition) is 1. The van der Waals surface area contributed by atoms with E-state index in [1.165, 1.54) is 12.0 Å². The molecule has 1 atom stereocenters. The Hall–Kier alpha value is -1.55. The molecule has 0 bridgehead atoms. The van der Waals surface area contributed by atoms with Crippen LogP contribution in [0, 0.1) is 0 Å². The van der Waals surface area contributed by atoms with Gasteiger partial charge in [-0.05, 0) is 49.8 Å². The Kier molecular flexibility index (Phi) is 7.57. The molecule has 4 nitrogen and oxygen atoms in total. The predicted octanol–water partition coefficient (Wildman–Crippen LogP) is 3.57. The molecule has 1 aromatic carbocycles. The van der Waals surface area contributed by atoms with Gasteiger partial charge in [0.1, 0.15) is 5.75 Å². The van der Waals surface area contributed by atoms with E-state index in [4.69, 9.17) is 4.74 Å². The van der Waals surface area contributed by atoms with Crippen LogP contribution in [-0.4, -0.2) is 43.1 Å². The SMILES string of the molecule is CCCN1CCC(NC(=O)COc2ccccc2C(C)CC)CC1. The maximum absolute atomic E-state index is 12.2. The van der Waals surface area contributed by atoms with Crippen molar-refractivity contribution in [2.75, 3.05) is 26.2 Å². The lowest BCUT2D eigenvalue weighted by atomic mass is 9.98. The average molecular weight is 332 g/mol. The van der Waals surface area contributed by atoms with Gasteiger partial charge in [-0.3, -0.25) is 4.79 Å². The highest BCUT2D eigenvalue weighted by Crippen LogP contribution is 2.28. The molecule has 0 aromatic heterocycles. The molecule has 24 heavy (non-hydrogen) atoms. The lowest BCUT2D eigenvalue weighted by Gasteiger charge is -2.32. The van der Waals surface area contributed by atoms with Crippen molar-refractivity contribution in [2.24, 2.45) is 0 Å². The molecule has 2 rings (SSSR count). The smallest absolute Gasteiger partial charge is 0.258 e. The van der Waals surface area contributed by atoms with Crippen molar-refractivity contribution in [3.8, 4) is 5.75 Å². The van der Waals surface area contributed by atoms with Crippen LogP contribution < -0.4 is 10.1 Å². The summed E-state index contributed by atoms with van der Waals surface area (Å²) >= 11 is 0. The van der Waals surface area contributed by atoms with E-state index in [1.807, 2.05) is 18.2 Å². The summed E-state index contributed by atoms with van der Waals surface area (Å²) in [6.07, 6.45) is 4.33. The third kappa shape index (κ3) is 5.52. The second-order valence-electron chi connectivity index (χ2n) is 6.82. The van der Waals surface area contributed by atoms with E-state index in [0.29, 0.717) is 12.0 Å². The van der Waals surface area contributed by atoms with E-state index in [-0.39, 0.29) is 12.5 Å². The van der Waals surface area contributed by atoms with E-state index in [9.17, 15) is 4.79 Å². The Morgan fingerprint density at radius 3 is 2.67 bits per heavy atom. The van der Waals surface area contributed by atoms with E-state index in [2.05, 4.69) is 37.1 Å². The first-order valence-corrected chi connectivity index (χ1v) is 9.37. The summed E-state index contributed by atoms with van der Waals surface area (Å²) in [5, 5.41) is 3.12. The lowest BCUT2D eigenvalue weighted by molar-refractivity contribution is -0.124. The minimum Gasteiger partial charge on any atom is -0.483 e. The van der Waals surface area contributed by atoms with Crippen LogP contribution in [0.25, 0.3) is 0 Å². The minimum atomic E-state index is -0.0112. The van der Waals surface area contributed by atoms with Gasteiger partial charge in [0.15, 0.2) is 6.61 Å². The summed E-state index contributed by atoms with van der Waals surface area (Å²) in [7, 11) is 0. The topological polar surface area (TPSA) is 41.6 Å². The largest absolute Gasteiger partial charge is 0.483 e. The summed E-state index contributed by atoms with van der Waals surface area (Å²) in [6, 6.07) is 8.32. The zero-order chi connectivity index (χ0) is 17.4. The van der Waals surface area contributed by atoms with Gasteiger partial charge in [0, 0.05) is 19.1 Å². The van der Waals surface area contributed by atoms with Crippen LogP contribution in [0.3, 0.4) is 0 Å². The standard InChI is InChI=1S/C20H32N2O2/c1-4-12-22-13-10-17(11-14-22)21-20(23)15-24-19-9-7-6-8-18(19)16(3)5-2/h6-9,16-17H,4-5,10-15H2,1-3H3,(H,21,23). The second-order valence-corrected chi connectivity index (χ2v) is 6.82. The van der Waals surface area contributed by atoms with Gasteiger partial charge in [-0.15, -0.1) is 0 Å². The number of amides is 1. The molecule has 1 aliphatic heterocycles. The number of nitrogens with one attached hydrogen (secondary N) is 1. The Morgan fingerprint density at radius 1 is 1.29 bits per heavy atom. The van der Waals surface area contributed by atoms with Crippen LogP contribution >= 0.6 is 0 Å². The van der Waals surface area contributed by atoms with E-state index in [1.54, 1.807) is 0 Å². The molecule has 1 aliphatic rings. The molecule has 1 fully saturated rings. The van der Waals surface area contributed by atoms with Crippen molar-refractivity contribution in [3.05, 3.63) is 29.8 Å². The molecule has 4 heteroatoms. The highest BCUT2D eigenvalue weighted by atomic mass is 16.5. The summed E-state index contributed by atoms with van der Waals surface area (Å²) in [5.74, 6) is 1.26. The van der Waals surface area contributed by atoms with Crippen molar-refractivity contribution in [2.45, 2.75) is 58.4 Å². The van der Waals surface area contributed by atoms with E-state index >= 15 is 0 Å². The fraction of sp³-hybridized carbons (Fsp3) is 0.650. The number of carbonyl (C=O) groups excluding carboxylic acids is 1. The Labute approximate surface area is 146 Å². The van der Waals surface area contributed by atoms with Gasteiger partial charge in [0.05, 0.1) is 0 Å². The Balaban J connectivity index is 1.78. The van der Waals surface area contributed by atoms with Crippen molar-refractivity contribution < 1.29 is 9.53 Å². The molecular weight excluding hydrogens is 300 g/mol. The first-order valence-electron chi connectivity index (χ1n) is 9.37. The number of carbonyl (C=O) groups is 1. The van der Waals surface area contributed by atoms with Gasteiger partial charge < -0.3 is 15.0 Å². The maximum atomic E-state index is 12.2. The summed E-state index contributed by atoms with van der Waals surface area (Å²) < 4.78 is 5.80. The highest BCUT2D eigenvalue weighted by Gasteiger charge is 2.20. The summed E-state index contributed by atoms with van der Waals surface area (Å²) in [6.45, 7) is 9.99. The summed E-state index contributed by atoms with van der Waals surface area (Å²) in [4.78, 5) is 14.7. The second kappa shape index (κ2) is 9.67. The van der Waals surface area contributed by atoms with Crippen LogP contribution in [-0.2, 0) is 4.79 Å². The third-order valence-electron chi connectivity index (χ3n) is 4.91. The number of para-hydroxylation sites is 1. The molecule has 0 radical (unpaired) electrons. The molecule has 1 unspecified atom stereocenters. The number of likely N-dealkylation sites (tertiary alicyclic amines) is 1. The third-order valence-corrected chi connectivity index (χ3v) is 4.91. The number of nitrogens with zero attached hydrogens (tertiary/aromatic N) is 1. The van der Waals surface area contributed by atoms with Crippen molar-refractivity contribution >= 4 is 5.91 Å². The number of piperidine rings is 1. The highest BCUT2D eigenvalue weighted by molar-refractivity contribution is 5.77. The number of hydrogen-bond acceptors (Lipinski definition) is 3. The molecule has 1 amide bonds. The predicted molar refractivity (Wildman–Crippen MR) is 98.5 cm³/mol. The van der Waals surface area contributed by atoms with E-state index < -0.39 is 0 Å². The fourth-order valence-corrected chi connectivity index (χ4v) is 3.27. The van der Waals surface area contributed by atoms with Crippen molar-refractivity contribution in [1.82, 2.24) is 10.2 Å². The molecule has 1 N–H and O–H groups in total. The molecule has 0 aliphatic carbocycles. The molecule has 1 heterocycles. The van der Waals surface area contributed by atoms with Crippen LogP contribution in [0.1, 0.15) is 57.9 Å². The van der Waals surface area contributed by atoms with Crippen LogP contribution in [0.15, 0.2) is 24.3 Å². The molecule has 0 spiro atoms. The van der Waals surface area contributed by atoms with Crippen molar-refractivity contribution in [1.29, 1.82) is 0 Å². The first-order chi connectivity index (χ1) is 11.6. The molecule has 134 valence electrons. The quantitative estimate of drug-likeness (QED) is 0.791. The molecule has 1 aromatic rings. The van der Waals surface area contributed by atoms with Crippen LogP contribution in [0.4, 0.5) is 0 Å². The zero-order valence-corrected chi connectivity index (χ0v) is 15.4. The minimum absolute atomic E-state index is 0.0112.